The molecule has 0 saturated heterocycles. The van der Waals surface area contributed by atoms with Gasteiger partial charge in [0.05, 0.1) is 11.7 Å². The summed E-state index contributed by atoms with van der Waals surface area (Å²) in [5.74, 6) is 0.587. The molecule has 1 heterocycles. The summed E-state index contributed by atoms with van der Waals surface area (Å²) in [6, 6.07) is 1.80. The van der Waals surface area contributed by atoms with Crippen molar-refractivity contribution >= 4 is 0 Å². The number of hydrogen-bond acceptors (Lipinski definition) is 3. The highest BCUT2D eigenvalue weighted by Crippen LogP contribution is 2.16. The van der Waals surface area contributed by atoms with Crippen LogP contribution in [0.15, 0.2) is 10.9 Å². The molecule has 0 aliphatic heterocycles. The van der Waals surface area contributed by atoms with E-state index in [2.05, 4.69) is 4.98 Å². The summed E-state index contributed by atoms with van der Waals surface area (Å²) in [7, 11) is 0. The van der Waals surface area contributed by atoms with E-state index in [0.29, 0.717) is 11.3 Å². The highest BCUT2D eigenvalue weighted by molar-refractivity contribution is 5.32. The summed E-state index contributed by atoms with van der Waals surface area (Å²) in [6.45, 7) is 9.83. The predicted molar refractivity (Wildman–Crippen MR) is 66.8 cm³/mol. The number of aromatic nitrogens is 1. The Morgan fingerprint density at radius 1 is 1.44 bits per heavy atom. The highest BCUT2D eigenvalue weighted by Gasteiger charge is 2.09. The third kappa shape index (κ3) is 4.06. The minimum atomic E-state index is -0.164. The van der Waals surface area contributed by atoms with E-state index in [1.54, 1.807) is 6.07 Å². The van der Waals surface area contributed by atoms with Gasteiger partial charge in [0.25, 0.3) is 5.56 Å². The van der Waals surface area contributed by atoms with Gasteiger partial charge in [-0.2, -0.15) is 0 Å². The molecule has 0 saturated carbocycles. The van der Waals surface area contributed by atoms with Gasteiger partial charge in [-0.3, -0.25) is 4.79 Å². The summed E-state index contributed by atoms with van der Waals surface area (Å²) in [5, 5.41) is 0. The summed E-state index contributed by atoms with van der Waals surface area (Å²) in [4.78, 5) is 14.1. The van der Waals surface area contributed by atoms with Gasteiger partial charge in [0.1, 0.15) is 5.75 Å². The van der Waals surface area contributed by atoms with Crippen LogP contribution in [-0.4, -0.2) is 11.1 Å². The summed E-state index contributed by atoms with van der Waals surface area (Å²) in [6.07, 6.45) is 0.0431. The van der Waals surface area contributed by atoms with E-state index >= 15 is 0 Å². The maximum absolute atomic E-state index is 11.5. The molecule has 0 bridgehead atoms. The zero-order chi connectivity index (χ0) is 12.7. The fraction of sp³-hybridized carbons (Fsp3) is 0.583. The van der Waals surface area contributed by atoms with Crippen LogP contribution in [0.4, 0.5) is 0 Å². The quantitative estimate of drug-likeness (QED) is 0.827. The Morgan fingerprint density at radius 2 is 2.00 bits per heavy atom. The fourth-order valence-corrected chi connectivity index (χ4v) is 1.24. The van der Waals surface area contributed by atoms with E-state index in [1.165, 1.54) is 0 Å². The molecule has 1 rings (SSSR count). The number of rotatable bonds is 3. The highest BCUT2D eigenvalue weighted by atomic mass is 16.5. The third-order valence-electron chi connectivity index (χ3n) is 1.80. The second-order valence-electron chi connectivity index (χ2n) is 3.50. The van der Waals surface area contributed by atoms with E-state index in [9.17, 15) is 4.79 Å². The molecule has 0 aliphatic carbocycles. The van der Waals surface area contributed by atoms with E-state index in [1.807, 2.05) is 34.6 Å². The largest absolute Gasteiger partial charge is 0.490 e. The molecular formula is C12H22N2O2. The number of nitrogens with two attached hydrogens (primary N) is 1. The topological polar surface area (TPSA) is 68.1 Å². The van der Waals surface area contributed by atoms with E-state index in [0.717, 1.165) is 5.69 Å². The summed E-state index contributed by atoms with van der Waals surface area (Å²) >= 11 is 0. The molecule has 16 heavy (non-hydrogen) atoms. The monoisotopic (exact) mass is 226 g/mol. The molecule has 0 spiro atoms. The van der Waals surface area contributed by atoms with Crippen LogP contribution in [0.25, 0.3) is 0 Å². The molecule has 4 heteroatoms. The number of aryl methyl sites for hydroxylation is 1. The Hall–Kier alpha value is -1.29. The Labute approximate surface area is 96.8 Å². The van der Waals surface area contributed by atoms with E-state index < -0.39 is 0 Å². The maximum Gasteiger partial charge on any atom is 0.256 e. The van der Waals surface area contributed by atoms with Crippen molar-refractivity contribution in [1.29, 1.82) is 0 Å². The summed E-state index contributed by atoms with van der Waals surface area (Å²) in [5.41, 5.74) is 6.60. The Morgan fingerprint density at radius 3 is 2.44 bits per heavy atom. The van der Waals surface area contributed by atoms with Crippen LogP contribution in [0.2, 0.25) is 0 Å². The first-order valence-corrected chi connectivity index (χ1v) is 5.64. The van der Waals surface area contributed by atoms with Crippen LogP contribution < -0.4 is 16.0 Å². The second kappa shape index (κ2) is 7.06. The van der Waals surface area contributed by atoms with E-state index in [4.69, 9.17) is 10.5 Å². The lowest BCUT2D eigenvalue weighted by Gasteiger charge is -2.13. The summed E-state index contributed by atoms with van der Waals surface area (Å²) < 4.78 is 5.50. The van der Waals surface area contributed by atoms with Gasteiger partial charge in [0, 0.05) is 12.2 Å². The zero-order valence-electron chi connectivity index (χ0n) is 10.8. The van der Waals surface area contributed by atoms with Gasteiger partial charge in [-0.1, -0.05) is 13.8 Å². The van der Waals surface area contributed by atoms with Crippen LogP contribution >= 0.6 is 0 Å². The van der Waals surface area contributed by atoms with Crippen molar-refractivity contribution in [2.45, 2.75) is 47.3 Å². The molecule has 3 N–H and O–H groups in total. The first kappa shape index (κ1) is 14.7. The first-order valence-electron chi connectivity index (χ1n) is 5.64. The van der Waals surface area contributed by atoms with Crippen LogP contribution in [-0.2, 0) is 6.54 Å². The maximum atomic E-state index is 11.5. The Kier molecular flexibility index (Phi) is 6.49. The van der Waals surface area contributed by atoms with Gasteiger partial charge in [0.15, 0.2) is 0 Å². The van der Waals surface area contributed by atoms with Gasteiger partial charge < -0.3 is 15.5 Å². The molecule has 0 fully saturated rings. The lowest BCUT2D eigenvalue weighted by Crippen LogP contribution is -2.20. The number of nitrogens with one attached hydrogen (secondary N) is 1. The van der Waals surface area contributed by atoms with Gasteiger partial charge in [-0.15, -0.1) is 0 Å². The van der Waals surface area contributed by atoms with Crippen molar-refractivity contribution in [2.24, 2.45) is 5.73 Å². The van der Waals surface area contributed by atoms with Gasteiger partial charge in [-0.05, 0) is 26.8 Å². The van der Waals surface area contributed by atoms with Crippen LogP contribution in [0, 0.1) is 6.92 Å². The molecule has 92 valence electrons. The molecule has 0 amide bonds. The van der Waals surface area contributed by atoms with Crippen molar-refractivity contribution < 1.29 is 4.74 Å². The molecule has 0 unspecified atom stereocenters. The molecule has 0 aliphatic rings. The number of pyridine rings is 1. The molecule has 1 aromatic heterocycles. The Balaban J connectivity index is 0.00000106. The predicted octanol–water partition coefficient (Wildman–Crippen LogP) is 1.96. The van der Waals surface area contributed by atoms with Crippen molar-refractivity contribution in [3.8, 4) is 5.75 Å². The fourth-order valence-electron chi connectivity index (χ4n) is 1.24. The minimum absolute atomic E-state index is 0.0431. The minimum Gasteiger partial charge on any atom is -0.490 e. The number of ether oxygens (including phenoxy) is 1. The molecule has 4 nitrogen and oxygen atoms in total. The van der Waals surface area contributed by atoms with Crippen molar-refractivity contribution in [1.82, 2.24) is 4.98 Å². The second-order valence-corrected chi connectivity index (χ2v) is 3.50. The zero-order valence-corrected chi connectivity index (χ0v) is 10.8. The molecule has 0 atom stereocenters. The average molecular weight is 226 g/mol. The number of aromatic amines is 1. The van der Waals surface area contributed by atoms with Crippen LogP contribution in [0.5, 0.6) is 5.75 Å². The smallest absolute Gasteiger partial charge is 0.256 e. The number of hydrogen-bond donors (Lipinski definition) is 2. The number of H-pyrrole nitrogens is 1. The van der Waals surface area contributed by atoms with Crippen molar-refractivity contribution in [3.05, 3.63) is 27.7 Å². The molecule has 1 aromatic rings. The standard InChI is InChI=1S/C10H16N2O2.C2H6/c1-6(2)14-9-4-7(3)12-10(13)8(9)5-11;1-2/h4,6H,5,11H2,1-3H3,(H,12,13);1-2H3. The van der Waals surface area contributed by atoms with E-state index in [-0.39, 0.29) is 18.2 Å². The normalized spacial score (nSPS) is 9.69. The molecular weight excluding hydrogens is 204 g/mol. The first-order chi connectivity index (χ1) is 7.54. The lowest BCUT2D eigenvalue weighted by molar-refractivity contribution is 0.239. The molecule has 0 aromatic carbocycles. The van der Waals surface area contributed by atoms with Gasteiger partial charge in [0.2, 0.25) is 0 Å². The Bertz CT molecular complexity index is 370. The van der Waals surface area contributed by atoms with Gasteiger partial charge in [-0.25, -0.2) is 0 Å². The lowest BCUT2D eigenvalue weighted by atomic mass is 10.2. The van der Waals surface area contributed by atoms with Gasteiger partial charge >= 0.3 is 0 Å². The van der Waals surface area contributed by atoms with Crippen LogP contribution in [0.3, 0.4) is 0 Å². The van der Waals surface area contributed by atoms with Crippen molar-refractivity contribution in [2.75, 3.05) is 0 Å². The van der Waals surface area contributed by atoms with Crippen molar-refractivity contribution in [3.63, 3.8) is 0 Å². The average Bonchev–Trinajstić information content (AvgIpc) is 2.19. The SMILES string of the molecule is CC.Cc1cc(OC(C)C)c(CN)c(=O)[nH]1. The third-order valence-corrected chi connectivity index (χ3v) is 1.80. The molecule has 0 radical (unpaired) electrons. The van der Waals surface area contributed by atoms with Crippen LogP contribution in [0.1, 0.15) is 39.0 Å².